The third-order valence-electron chi connectivity index (χ3n) is 4.34. The van der Waals surface area contributed by atoms with Gasteiger partial charge in [-0.05, 0) is 25.0 Å². The molecule has 6 nitrogen and oxygen atoms in total. The molecule has 0 fully saturated rings. The molecule has 0 spiro atoms. The van der Waals surface area contributed by atoms with Gasteiger partial charge < -0.3 is 14.2 Å². The molecular weight excluding hydrogens is 366 g/mol. The van der Waals surface area contributed by atoms with E-state index < -0.39 is 16.1 Å². The van der Waals surface area contributed by atoms with E-state index in [1.165, 1.54) is 14.2 Å². The number of ether oxygens (including phenoxy) is 3. The van der Waals surface area contributed by atoms with E-state index in [1.54, 1.807) is 43.5 Å². The minimum atomic E-state index is -3.73. The molecule has 2 aromatic carbocycles. The van der Waals surface area contributed by atoms with E-state index in [1.807, 2.05) is 20.8 Å². The zero-order valence-corrected chi connectivity index (χ0v) is 17.4. The van der Waals surface area contributed by atoms with Gasteiger partial charge in [0.2, 0.25) is 10.0 Å². The summed E-state index contributed by atoms with van der Waals surface area (Å²) >= 11 is 0. The normalized spacial score (nSPS) is 12.7. The summed E-state index contributed by atoms with van der Waals surface area (Å²) in [5.74, 6) is 1.51. The molecule has 0 saturated heterocycles. The second-order valence-electron chi connectivity index (χ2n) is 6.60. The van der Waals surface area contributed by atoms with Gasteiger partial charge >= 0.3 is 0 Å². The molecule has 1 N–H and O–H groups in total. The predicted molar refractivity (Wildman–Crippen MR) is 105 cm³/mol. The minimum Gasteiger partial charge on any atom is -0.496 e. The van der Waals surface area contributed by atoms with E-state index in [4.69, 9.17) is 14.2 Å². The van der Waals surface area contributed by atoms with Crippen LogP contribution in [-0.4, -0.2) is 29.7 Å². The summed E-state index contributed by atoms with van der Waals surface area (Å²) in [6.45, 7) is 5.78. The maximum atomic E-state index is 12.9. The van der Waals surface area contributed by atoms with E-state index in [9.17, 15) is 8.42 Å². The van der Waals surface area contributed by atoms with Crippen molar-refractivity contribution in [1.82, 2.24) is 4.72 Å². The maximum Gasteiger partial charge on any atom is 0.241 e. The van der Waals surface area contributed by atoms with Crippen LogP contribution in [0.25, 0.3) is 0 Å². The summed E-state index contributed by atoms with van der Waals surface area (Å²) in [5, 5.41) is 0. The number of rotatable bonds is 8. The van der Waals surface area contributed by atoms with Crippen LogP contribution in [0.3, 0.4) is 0 Å². The van der Waals surface area contributed by atoms with Gasteiger partial charge in [-0.3, -0.25) is 0 Å². The SMILES string of the molecule is COc1cc(OC)c(C(NS(=O)(=O)c2ccc(C)cc2)C(C)C)c(OC)c1. The van der Waals surface area contributed by atoms with E-state index in [0.29, 0.717) is 22.8 Å². The summed E-state index contributed by atoms with van der Waals surface area (Å²) in [6.07, 6.45) is 0. The lowest BCUT2D eigenvalue weighted by Crippen LogP contribution is -2.32. The molecule has 0 aliphatic heterocycles. The molecule has 2 rings (SSSR count). The number of methoxy groups -OCH3 is 3. The third-order valence-corrected chi connectivity index (χ3v) is 5.80. The van der Waals surface area contributed by atoms with Crippen molar-refractivity contribution < 1.29 is 22.6 Å². The Labute approximate surface area is 161 Å². The Bertz CT molecular complexity index is 851. The van der Waals surface area contributed by atoms with Crippen LogP contribution in [-0.2, 0) is 10.0 Å². The fraction of sp³-hybridized carbons (Fsp3) is 0.400. The second-order valence-corrected chi connectivity index (χ2v) is 8.32. The van der Waals surface area contributed by atoms with Crippen LogP contribution in [0.15, 0.2) is 41.3 Å². The molecule has 0 saturated carbocycles. The largest absolute Gasteiger partial charge is 0.496 e. The van der Waals surface area contributed by atoms with Gasteiger partial charge in [-0.15, -0.1) is 0 Å². The van der Waals surface area contributed by atoms with E-state index >= 15 is 0 Å². The Morgan fingerprint density at radius 3 is 1.81 bits per heavy atom. The molecule has 7 heteroatoms. The van der Waals surface area contributed by atoms with Crippen molar-refractivity contribution in [2.24, 2.45) is 5.92 Å². The lowest BCUT2D eigenvalue weighted by atomic mass is 9.95. The Morgan fingerprint density at radius 1 is 0.889 bits per heavy atom. The molecule has 27 heavy (non-hydrogen) atoms. The Balaban J connectivity index is 2.53. The van der Waals surface area contributed by atoms with Crippen molar-refractivity contribution >= 4 is 10.0 Å². The van der Waals surface area contributed by atoms with Crippen LogP contribution in [0, 0.1) is 12.8 Å². The molecule has 0 bridgehead atoms. The average molecular weight is 394 g/mol. The number of aryl methyl sites for hydroxylation is 1. The van der Waals surface area contributed by atoms with Crippen molar-refractivity contribution in [2.45, 2.75) is 31.7 Å². The van der Waals surface area contributed by atoms with Gasteiger partial charge in [-0.2, -0.15) is 0 Å². The summed E-state index contributed by atoms with van der Waals surface area (Å²) in [4.78, 5) is 0.213. The molecule has 0 aromatic heterocycles. The van der Waals surface area contributed by atoms with E-state index in [2.05, 4.69) is 4.72 Å². The third kappa shape index (κ3) is 4.73. The van der Waals surface area contributed by atoms with Crippen LogP contribution in [0.4, 0.5) is 0 Å². The van der Waals surface area contributed by atoms with Crippen molar-refractivity contribution in [3.8, 4) is 17.2 Å². The van der Waals surface area contributed by atoms with Gasteiger partial charge in [0.15, 0.2) is 0 Å². The summed E-state index contributed by atoms with van der Waals surface area (Å²) in [5.41, 5.74) is 1.62. The topological polar surface area (TPSA) is 73.9 Å². The maximum absolute atomic E-state index is 12.9. The molecule has 1 unspecified atom stereocenters. The zero-order chi connectivity index (χ0) is 20.2. The summed E-state index contributed by atoms with van der Waals surface area (Å²) in [6, 6.07) is 9.61. The van der Waals surface area contributed by atoms with E-state index in [-0.39, 0.29) is 10.8 Å². The number of hydrogen-bond acceptors (Lipinski definition) is 5. The van der Waals surface area contributed by atoms with Crippen LogP contribution in [0.1, 0.15) is 31.0 Å². The quantitative estimate of drug-likeness (QED) is 0.740. The van der Waals surface area contributed by atoms with Gasteiger partial charge in [-0.1, -0.05) is 31.5 Å². The molecule has 0 aliphatic rings. The Kier molecular flexibility index (Phi) is 6.73. The van der Waals surface area contributed by atoms with Gasteiger partial charge in [-0.25, -0.2) is 13.1 Å². The highest BCUT2D eigenvalue weighted by Gasteiger charge is 2.29. The van der Waals surface area contributed by atoms with Crippen molar-refractivity contribution in [3.05, 3.63) is 47.5 Å². The number of nitrogens with one attached hydrogen (secondary N) is 1. The molecule has 1 atom stereocenters. The molecule has 148 valence electrons. The molecule has 0 heterocycles. The zero-order valence-electron chi connectivity index (χ0n) is 16.6. The smallest absolute Gasteiger partial charge is 0.241 e. The van der Waals surface area contributed by atoms with Crippen LogP contribution in [0.2, 0.25) is 0 Å². The molecule has 0 radical (unpaired) electrons. The van der Waals surface area contributed by atoms with Gasteiger partial charge in [0.05, 0.1) is 37.8 Å². The molecular formula is C20H27NO5S. The highest BCUT2D eigenvalue weighted by Crippen LogP contribution is 2.41. The van der Waals surface area contributed by atoms with Crippen LogP contribution >= 0.6 is 0 Å². The minimum absolute atomic E-state index is 0.0542. The number of sulfonamides is 1. The highest BCUT2D eigenvalue weighted by molar-refractivity contribution is 7.89. The number of benzene rings is 2. The first kappa shape index (κ1) is 21.1. The fourth-order valence-electron chi connectivity index (χ4n) is 2.82. The fourth-order valence-corrected chi connectivity index (χ4v) is 4.17. The first-order valence-corrected chi connectivity index (χ1v) is 10.1. The first-order valence-electron chi connectivity index (χ1n) is 8.62. The van der Waals surface area contributed by atoms with Crippen molar-refractivity contribution in [1.29, 1.82) is 0 Å². The monoisotopic (exact) mass is 393 g/mol. The van der Waals surface area contributed by atoms with E-state index in [0.717, 1.165) is 5.56 Å². The van der Waals surface area contributed by atoms with Crippen LogP contribution in [0.5, 0.6) is 17.2 Å². The predicted octanol–water partition coefficient (Wildman–Crippen LogP) is 3.70. The number of hydrogen-bond donors (Lipinski definition) is 1. The second kappa shape index (κ2) is 8.63. The van der Waals surface area contributed by atoms with Crippen molar-refractivity contribution in [2.75, 3.05) is 21.3 Å². The van der Waals surface area contributed by atoms with Gasteiger partial charge in [0, 0.05) is 12.1 Å². The average Bonchev–Trinajstić information content (AvgIpc) is 2.65. The Hall–Kier alpha value is -2.25. The van der Waals surface area contributed by atoms with Gasteiger partial charge in [0.1, 0.15) is 17.2 Å². The summed E-state index contributed by atoms with van der Waals surface area (Å²) in [7, 11) is 0.885. The molecule has 0 aliphatic carbocycles. The highest BCUT2D eigenvalue weighted by atomic mass is 32.2. The lowest BCUT2D eigenvalue weighted by Gasteiger charge is -2.26. The first-order chi connectivity index (χ1) is 12.7. The lowest BCUT2D eigenvalue weighted by molar-refractivity contribution is 0.350. The van der Waals surface area contributed by atoms with Gasteiger partial charge in [0.25, 0.3) is 0 Å². The molecule has 2 aromatic rings. The standard InChI is InChI=1S/C20H27NO5S/c1-13(2)20(21-27(22,23)16-9-7-14(3)8-10-16)19-17(25-5)11-15(24-4)12-18(19)26-6/h7-13,20-21H,1-6H3. The Morgan fingerprint density at radius 2 is 1.41 bits per heavy atom. The van der Waals surface area contributed by atoms with Crippen molar-refractivity contribution in [3.63, 3.8) is 0 Å². The molecule has 0 amide bonds. The van der Waals surface area contributed by atoms with Crippen LogP contribution < -0.4 is 18.9 Å². The summed E-state index contributed by atoms with van der Waals surface area (Å²) < 4.78 is 45.0.